The molecule has 1 heterocycles. The first-order chi connectivity index (χ1) is 5.84. The number of hydrogen-bond acceptors (Lipinski definition) is 3. The van der Waals surface area contributed by atoms with Crippen LogP contribution in [0.4, 0.5) is 11.4 Å². The average Bonchev–Trinajstić information content (AvgIpc) is 2.87. The third-order valence-corrected chi connectivity index (χ3v) is 1.85. The summed E-state index contributed by atoms with van der Waals surface area (Å²) in [5.74, 6) is 0. The Morgan fingerprint density at radius 2 is 2.08 bits per heavy atom. The molecule has 3 nitrogen and oxygen atoms in total. The summed E-state index contributed by atoms with van der Waals surface area (Å²) in [6.45, 7) is 1.78. The predicted octanol–water partition coefficient (Wildman–Crippen LogP) is 1.08. The molecule has 2 rings (SSSR count). The Morgan fingerprint density at radius 3 is 2.67 bits per heavy atom. The van der Waals surface area contributed by atoms with Gasteiger partial charge in [0.2, 0.25) is 0 Å². The molecule has 0 saturated carbocycles. The molecule has 3 heteroatoms. The number of nitrogen functional groups attached to an aromatic ring is 1. The Kier molecular flexibility index (Phi) is 1.87. The fraction of sp³-hybridized carbons (Fsp3) is 0.333. The molecule has 0 aromatic heterocycles. The van der Waals surface area contributed by atoms with Gasteiger partial charge in [-0.3, -0.25) is 0 Å². The van der Waals surface area contributed by atoms with E-state index in [1.54, 1.807) is 0 Å². The molecule has 1 aromatic rings. The smallest absolute Gasteiger partial charge is 0.0981 e. The zero-order valence-electron chi connectivity index (χ0n) is 6.79. The highest BCUT2D eigenvalue weighted by Crippen LogP contribution is 2.13. The molecule has 1 unspecified atom stereocenters. The van der Waals surface area contributed by atoms with Crippen molar-refractivity contribution in [2.75, 3.05) is 24.2 Å². The largest absolute Gasteiger partial charge is 0.399 e. The zero-order chi connectivity index (χ0) is 8.39. The number of anilines is 2. The summed E-state index contributed by atoms with van der Waals surface area (Å²) < 4.78 is 5.07. The SMILES string of the molecule is Nc1ccc(NCC2CO2)cc1. The second-order valence-corrected chi connectivity index (χ2v) is 2.96. The van der Waals surface area contributed by atoms with Gasteiger partial charge in [0.15, 0.2) is 0 Å². The van der Waals surface area contributed by atoms with Gasteiger partial charge < -0.3 is 15.8 Å². The van der Waals surface area contributed by atoms with Crippen LogP contribution in [0, 0.1) is 0 Å². The molecular formula is C9H12N2O. The lowest BCUT2D eigenvalue weighted by molar-refractivity contribution is 0.417. The second-order valence-electron chi connectivity index (χ2n) is 2.96. The van der Waals surface area contributed by atoms with Crippen molar-refractivity contribution >= 4 is 11.4 Å². The van der Waals surface area contributed by atoms with Gasteiger partial charge in [-0.25, -0.2) is 0 Å². The summed E-state index contributed by atoms with van der Waals surface area (Å²) in [6, 6.07) is 7.71. The van der Waals surface area contributed by atoms with E-state index in [2.05, 4.69) is 5.32 Å². The molecule has 0 amide bonds. The first-order valence-electron chi connectivity index (χ1n) is 4.05. The van der Waals surface area contributed by atoms with Crippen LogP contribution >= 0.6 is 0 Å². The minimum absolute atomic E-state index is 0.419. The third kappa shape index (κ3) is 1.89. The van der Waals surface area contributed by atoms with Gasteiger partial charge in [0.25, 0.3) is 0 Å². The number of rotatable bonds is 3. The van der Waals surface area contributed by atoms with Gasteiger partial charge in [-0.05, 0) is 24.3 Å². The lowest BCUT2D eigenvalue weighted by Gasteiger charge is -2.03. The van der Waals surface area contributed by atoms with Crippen LogP contribution in [0.2, 0.25) is 0 Å². The summed E-state index contributed by atoms with van der Waals surface area (Å²) in [7, 11) is 0. The third-order valence-electron chi connectivity index (χ3n) is 1.85. The van der Waals surface area contributed by atoms with Crippen molar-refractivity contribution in [2.24, 2.45) is 0 Å². The Labute approximate surface area is 71.5 Å². The number of hydrogen-bond donors (Lipinski definition) is 2. The molecule has 1 fully saturated rings. The Hall–Kier alpha value is -1.22. The average molecular weight is 164 g/mol. The molecule has 12 heavy (non-hydrogen) atoms. The van der Waals surface area contributed by atoms with Crippen LogP contribution in [0.1, 0.15) is 0 Å². The topological polar surface area (TPSA) is 50.6 Å². The second kappa shape index (κ2) is 3.03. The first-order valence-corrected chi connectivity index (χ1v) is 4.05. The van der Waals surface area contributed by atoms with Crippen molar-refractivity contribution in [3.8, 4) is 0 Å². The van der Waals surface area contributed by atoms with Crippen molar-refractivity contribution in [1.82, 2.24) is 0 Å². The molecule has 1 aromatic carbocycles. The van der Waals surface area contributed by atoms with Gasteiger partial charge >= 0.3 is 0 Å². The Morgan fingerprint density at radius 1 is 1.42 bits per heavy atom. The van der Waals surface area contributed by atoms with Crippen LogP contribution < -0.4 is 11.1 Å². The molecule has 0 bridgehead atoms. The number of benzene rings is 1. The molecule has 1 saturated heterocycles. The Bertz CT molecular complexity index is 254. The van der Waals surface area contributed by atoms with Gasteiger partial charge in [0.1, 0.15) is 0 Å². The van der Waals surface area contributed by atoms with Gasteiger partial charge in [0.05, 0.1) is 12.7 Å². The zero-order valence-corrected chi connectivity index (χ0v) is 6.79. The lowest BCUT2D eigenvalue weighted by Crippen LogP contribution is -2.07. The number of epoxide rings is 1. The predicted molar refractivity (Wildman–Crippen MR) is 49.1 cm³/mol. The van der Waals surface area contributed by atoms with E-state index < -0.39 is 0 Å². The minimum Gasteiger partial charge on any atom is -0.399 e. The van der Waals surface area contributed by atoms with E-state index in [1.807, 2.05) is 24.3 Å². The summed E-state index contributed by atoms with van der Waals surface area (Å²) >= 11 is 0. The normalized spacial score (nSPS) is 20.5. The van der Waals surface area contributed by atoms with Crippen LogP contribution in [0.5, 0.6) is 0 Å². The quantitative estimate of drug-likeness (QED) is 0.519. The molecule has 1 aliphatic heterocycles. The van der Waals surface area contributed by atoms with E-state index in [-0.39, 0.29) is 0 Å². The standard InChI is InChI=1S/C9H12N2O/c10-7-1-3-8(4-2-7)11-5-9-6-12-9/h1-4,9,11H,5-6,10H2. The van der Waals surface area contributed by atoms with Gasteiger partial charge in [-0.15, -0.1) is 0 Å². The molecule has 64 valence electrons. The van der Waals surface area contributed by atoms with E-state index in [4.69, 9.17) is 10.5 Å². The Balaban J connectivity index is 1.89. The monoisotopic (exact) mass is 164 g/mol. The number of nitrogens with two attached hydrogens (primary N) is 1. The maximum absolute atomic E-state index is 5.54. The van der Waals surface area contributed by atoms with Crippen molar-refractivity contribution in [2.45, 2.75) is 6.10 Å². The van der Waals surface area contributed by atoms with Crippen molar-refractivity contribution in [1.29, 1.82) is 0 Å². The maximum Gasteiger partial charge on any atom is 0.0981 e. The van der Waals surface area contributed by atoms with Gasteiger partial charge in [0, 0.05) is 17.9 Å². The van der Waals surface area contributed by atoms with Crippen LogP contribution in [0.25, 0.3) is 0 Å². The van der Waals surface area contributed by atoms with E-state index in [0.717, 1.165) is 24.5 Å². The summed E-state index contributed by atoms with van der Waals surface area (Å²) in [5.41, 5.74) is 7.43. The van der Waals surface area contributed by atoms with Crippen LogP contribution in [-0.2, 0) is 4.74 Å². The molecular weight excluding hydrogens is 152 g/mol. The van der Waals surface area contributed by atoms with Gasteiger partial charge in [-0.1, -0.05) is 0 Å². The van der Waals surface area contributed by atoms with Crippen molar-refractivity contribution < 1.29 is 4.74 Å². The van der Waals surface area contributed by atoms with Crippen LogP contribution in [-0.4, -0.2) is 19.3 Å². The number of ether oxygens (including phenoxy) is 1. The maximum atomic E-state index is 5.54. The van der Waals surface area contributed by atoms with Crippen LogP contribution in [0.15, 0.2) is 24.3 Å². The van der Waals surface area contributed by atoms with Gasteiger partial charge in [-0.2, -0.15) is 0 Å². The fourth-order valence-electron chi connectivity index (χ4n) is 1.02. The molecule has 0 aliphatic carbocycles. The van der Waals surface area contributed by atoms with Crippen molar-refractivity contribution in [3.63, 3.8) is 0 Å². The molecule has 1 aliphatic rings. The lowest BCUT2D eigenvalue weighted by atomic mass is 10.3. The highest BCUT2D eigenvalue weighted by Gasteiger charge is 2.21. The van der Waals surface area contributed by atoms with E-state index in [9.17, 15) is 0 Å². The van der Waals surface area contributed by atoms with Crippen molar-refractivity contribution in [3.05, 3.63) is 24.3 Å². The highest BCUT2D eigenvalue weighted by molar-refractivity contribution is 5.51. The van der Waals surface area contributed by atoms with E-state index in [1.165, 1.54) is 0 Å². The molecule has 3 N–H and O–H groups in total. The fourth-order valence-corrected chi connectivity index (χ4v) is 1.02. The molecule has 0 spiro atoms. The first kappa shape index (κ1) is 7.43. The van der Waals surface area contributed by atoms with E-state index in [0.29, 0.717) is 6.10 Å². The molecule has 1 atom stereocenters. The summed E-state index contributed by atoms with van der Waals surface area (Å²) in [5, 5.41) is 3.25. The minimum atomic E-state index is 0.419. The van der Waals surface area contributed by atoms with Crippen LogP contribution in [0.3, 0.4) is 0 Å². The summed E-state index contributed by atoms with van der Waals surface area (Å²) in [4.78, 5) is 0. The van der Waals surface area contributed by atoms with E-state index >= 15 is 0 Å². The highest BCUT2D eigenvalue weighted by atomic mass is 16.6. The number of nitrogens with one attached hydrogen (secondary N) is 1. The summed E-state index contributed by atoms with van der Waals surface area (Å²) in [6.07, 6.45) is 0.419. The molecule has 0 radical (unpaired) electrons.